The standard InChI is InChI=1S/C13H15ClN2O5/c1-13(2,3)10(12(18)19)15-11(17)7-4-5-9(16(20)21)8(14)6-7/h4-6,10H,1-3H3,(H,15,17)(H,18,19). The second-order valence-corrected chi connectivity index (χ2v) is 5.94. The van der Waals surface area contributed by atoms with Gasteiger partial charge in [0, 0.05) is 11.6 Å². The van der Waals surface area contributed by atoms with Crippen molar-refractivity contribution < 1.29 is 19.6 Å². The third kappa shape index (κ3) is 4.16. The highest BCUT2D eigenvalue weighted by Crippen LogP contribution is 2.25. The van der Waals surface area contributed by atoms with Gasteiger partial charge in [0.25, 0.3) is 11.6 Å². The minimum Gasteiger partial charge on any atom is -0.480 e. The van der Waals surface area contributed by atoms with Crippen LogP contribution in [0.5, 0.6) is 0 Å². The number of hydrogen-bond acceptors (Lipinski definition) is 4. The van der Waals surface area contributed by atoms with E-state index in [4.69, 9.17) is 16.7 Å². The van der Waals surface area contributed by atoms with Gasteiger partial charge in [0.05, 0.1) is 4.92 Å². The lowest BCUT2D eigenvalue weighted by Crippen LogP contribution is -2.49. The fourth-order valence-corrected chi connectivity index (χ4v) is 1.91. The molecule has 114 valence electrons. The molecule has 0 radical (unpaired) electrons. The number of nitro groups is 1. The molecule has 2 N–H and O–H groups in total. The summed E-state index contributed by atoms with van der Waals surface area (Å²) in [5.74, 6) is -1.82. The van der Waals surface area contributed by atoms with Gasteiger partial charge in [0.2, 0.25) is 0 Å². The Bertz CT molecular complexity index is 595. The van der Waals surface area contributed by atoms with Crippen LogP contribution in [0.1, 0.15) is 31.1 Å². The number of carbonyl (C=O) groups is 2. The van der Waals surface area contributed by atoms with E-state index in [-0.39, 0.29) is 16.3 Å². The number of benzene rings is 1. The number of carbonyl (C=O) groups excluding carboxylic acids is 1. The summed E-state index contributed by atoms with van der Waals surface area (Å²) in [5, 5.41) is 22.0. The SMILES string of the molecule is CC(C)(C)C(NC(=O)c1ccc([N+](=O)[O-])c(Cl)c1)C(=O)O. The summed E-state index contributed by atoms with van der Waals surface area (Å²) in [6, 6.07) is 2.36. The van der Waals surface area contributed by atoms with E-state index < -0.39 is 28.3 Å². The predicted octanol–water partition coefficient (Wildman–Crippen LogP) is 2.48. The summed E-state index contributed by atoms with van der Waals surface area (Å²) in [5.41, 5.74) is -0.952. The molecule has 0 aliphatic rings. The zero-order valence-corrected chi connectivity index (χ0v) is 12.5. The number of nitro benzene ring substituents is 1. The second-order valence-electron chi connectivity index (χ2n) is 5.53. The van der Waals surface area contributed by atoms with Gasteiger partial charge in [0.1, 0.15) is 11.1 Å². The normalized spacial score (nSPS) is 12.6. The maximum Gasteiger partial charge on any atom is 0.326 e. The van der Waals surface area contributed by atoms with E-state index >= 15 is 0 Å². The summed E-state index contributed by atoms with van der Waals surface area (Å²) in [7, 11) is 0. The van der Waals surface area contributed by atoms with Crippen LogP contribution >= 0.6 is 11.6 Å². The summed E-state index contributed by atoms with van der Waals surface area (Å²) in [6.07, 6.45) is 0. The molecule has 0 spiro atoms. The highest BCUT2D eigenvalue weighted by Gasteiger charge is 2.33. The summed E-state index contributed by atoms with van der Waals surface area (Å²) >= 11 is 5.72. The van der Waals surface area contributed by atoms with E-state index in [1.807, 2.05) is 0 Å². The number of halogens is 1. The van der Waals surface area contributed by atoms with E-state index in [0.717, 1.165) is 12.1 Å². The van der Waals surface area contributed by atoms with Gasteiger partial charge < -0.3 is 10.4 Å². The van der Waals surface area contributed by atoms with Gasteiger partial charge in [-0.05, 0) is 17.5 Å². The first kappa shape index (κ1) is 16.9. The number of amides is 1. The summed E-state index contributed by atoms with van der Waals surface area (Å²) in [6.45, 7) is 5.03. The lowest BCUT2D eigenvalue weighted by Gasteiger charge is -2.27. The van der Waals surface area contributed by atoms with Crippen molar-refractivity contribution in [3.8, 4) is 0 Å². The molecule has 1 aromatic carbocycles. The van der Waals surface area contributed by atoms with Crippen molar-refractivity contribution in [2.24, 2.45) is 5.41 Å². The second kappa shape index (κ2) is 6.09. The first-order valence-corrected chi connectivity index (χ1v) is 6.39. The Morgan fingerprint density at radius 3 is 2.33 bits per heavy atom. The van der Waals surface area contributed by atoms with E-state index in [1.54, 1.807) is 20.8 Å². The number of hydrogen-bond donors (Lipinski definition) is 2. The molecule has 21 heavy (non-hydrogen) atoms. The largest absolute Gasteiger partial charge is 0.480 e. The molecule has 0 heterocycles. The molecule has 7 nitrogen and oxygen atoms in total. The fraction of sp³-hybridized carbons (Fsp3) is 0.385. The van der Waals surface area contributed by atoms with Crippen LogP contribution in [0, 0.1) is 15.5 Å². The monoisotopic (exact) mass is 314 g/mol. The molecule has 0 aliphatic carbocycles. The quantitative estimate of drug-likeness (QED) is 0.655. The first-order valence-electron chi connectivity index (χ1n) is 6.01. The van der Waals surface area contributed by atoms with Gasteiger partial charge in [-0.25, -0.2) is 4.79 Å². The van der Waals surface area contributed by atoms with Gasteiger partial charge in [0.15, 0.2) is 0 Å². The van der Waals surface area contributed by atoms with Gasteiger partial charge in [-0.1, -0.05) is 32.4 Å². The minimum atomic E-state index is -1.16. The molecular weight excluding hydrogens is 300 g/mol. The molecule has 1 rings (SSSR count). The molecule has 0 bridgehead atoms. The molecule has 1 atom stereocenters. The lowest BCUT2D eigenvalue weighted by molar-refractivity contribution is -0.384. The molecule has 8 heteroatoms. The maximum absolute atomic E-state index is 12.0. The first-order chi connectivity index (χ1) is 9.54. The molecule has 0 fully saturated rings. The molecule has 0 aliphatic heterocycles. The van der Waals surface area contributed by atoms with Crippen molar-refractivity contribution in [1.29, 1.82) is 0 Å². The smallest absolute Gasteiger partial charge is 0.326 e. The van der Waals surface area contributed by atoms with E-state index in [1.165, 1.54) is 6.07 Å². The summed E-state index contributed by atoms with van der Waals surface area (Å²) < 4.78 is 0. The fourth-order valence-electron chi connectivity index (χ4n) is 1.66. The van der Waals surface area contributed by atoms with Crippen molar-refractivity contribution in [2.45, 2.75) is 26.8 Å². The highest BCUT2D eigenvalue weighted by molar-refractivity contribution is 6.33. The van der Waals surface area contributed by atoms with Gasteiger partial charge >= 0.3 is 5.97 Å². The van der Waals surface area contributed by atoms with E-state index in [0.29, 0.717) is 0 Å². The zero-order chi connectivity index (χ0) is 16.4. The molecule has 0 aromatic heterocycles. The van der Waals surface area contributed by atoms with Crippen molar-refractivity contribution in [2.75, 3.05) is 0 Å². The van der Waals surface area contributed by atoms with E-state index in [9.17, 15) is 19.7 Å². The van der Waals surface area contributed by atoms with Crippen LogP contribution in [0.15, 0.2) is 18.2 Å². The van der Waals surface area contributed by atoms with Gasteiger partial charge in [-0.15, -0.1) is 0 Å². The number of nitrogens with zero attached hydrogens (tertiary/aromatic N) is 1. The molecule has 0 saturated carbocycles. The van der Waals surface area contributed by atoms with Gasteiger partial charge in [-0.3, -0.25) is 14.9 Å². The Labute approximate surface area is 126 Å². The maximum atomic E-state index is 12.0. The van der Waals surface area contributed by atoms with Crippen molar-refractivity contribution in [3.05, 3.63) is 38.9 Å². The molecule has 1 unspecified atom stereocenters. The number of carboxylic acids is 1. The third-order valence-corrected chi connectivity index (χ3v) is 3.10. The van der Waals surface area contributed by atoms with E-state index in [2.05, 4.69) is 5.32 Å². The van der Waals surface area contributed by atoms with Crippen molar-refractivity contribution in [3.63, 3.8) is 0 Å². The minimum absolute atomic E-state index is 0.0566. The predicted molar refractivity (Wildman–Crippen MR) is 76.5 cm³/mol. The van der Waals surface area contributed by atoms with Crippen LogP contribution < -0.4 is 5.32 Å². The number of carboxylic acid groups (broad SMARTS) is 1. The Kier molecular flexibility index (Phi) is 4.90. The third-order valence-electron chi connectivity index (χ3n) is 2.79. The zero-order valence-electron chi connectivity index (χ0n) is 11.7. The average molecular weight is 315 g/mol. The van der Waals surface area contributed by atoms with Crippen LogP contribution in [0.2, 0.25) is 5.02 Å². The highest BCUT2D eigenvalue weighted by atomic mass is 35.5. The van der Waals surface area contributed by atoms with Crippen molar-refractivity contribution in [1.82, 2.24) is 5.32 Å². The molecule has 1 amide bonds. The Morgan fingerprint density at radius 1 is 1.38 bits per heavy atom. The Hall–Kier alpha value is -2.15. The number of nitrogens with one attached hydrogen (secondary N) is 1. The Balaban J connectivity index is 3.02. The van der Waals surface area contributed by atoms with Gasteiger partial charge in [-0.2, -0.15) is 0 Å². The summed E-state index contributed by atoms with van der Waals surface area (Å²) in [4.78, 5) is 33.2. The number of rotatable bonds is 4. The number of aliphatic carboxylic acids is 1. The Morgan fingerprint density at radius 2 is 1.95 bits per heavy atom. The van der Waals surface area contributed by atoms with Crippen molar-refractivity contribution >= 4 is 29.2 Å². The lowest BCUT2D eigenvalue weighted by atomic mass is 9.86. The molecular formula is C13H15ClN2O5. The van der Waals surface area contributed by atoms with Crippen LogP contribution in [0.4, 0.5) is 5.69 Å². The van der Waals surface area contributed by atoms with Crippen LogP contribution in [0.25, 0.3) is 0 Å². The topological polar surface area (TPSA) is 110 Å². The molecule has 1 aromatic rings. The van der Waals surface area contributed by atoms with Crippen LogP contribution in [-0.2, 0) is 4.79 Å². The van der Waals surface area contributed by atoms with Crippen LogP contribution in [-0.4, -0.2) is 27.9 Å². The van der Waals surface area contributed by atoms with Crippen LogP contribution in [0.3, 0.4) is 0 Å². The average Bonchev–Trinajstić information content (AvgIpc) is 2.33. The molecule has 0 saturated heterocycles.